The standard InChI is InChI=1S/C43H57BO4/c1-28(2)32-19-24-43(38(45)48-27-29-11-9-8-10-12-29)26-25-41(6)34(37(32)43)17-18-36-40(5)22-20-33(30-13-15-31(16-14-30)44(46)47)39(3,4)35(40)21-23-42(36,41)7/h8-16,20,32,34-37,46-47H,1,17-19,21-27H2,2-7H3. The molecule has 5 heteroatoms. The van der Waals surface area contributed by atoms with E-state index >= 15 is 0 Å². The zero-order valence-electron chi connectivity index (χ0n) is 30.2. The Kier molecular flexibility index (Phi) is 8.27. The van der Waals surface area contributed by atoms with Crippen LogP contribution >= 0.6 is 0 Å². The molecule has 4 fully saturated rings. The molecule has 9 atom stereocenters. The van der Waals surface area contributed by atoms with Crippen LogP contribution in [-0.2, 0) is 16.1 Å². The van der Waals surface area contributed by atoms with Crippen molar-refractivity contribution in [2.75, 3.05) is 0 Å². The van der Waals surface area contributed by atoms with Crippen LogP contribution in [-0.4, -0.2) is 23.1 Å². The summed E-state index contributed by atoms with van der Waals surface area (Å²) in [4.78, 5) is 14.3. The molecule has 48 heavy (non-hydrogen) atoms. The van der Waals surface area contributed by atoms with Gasteiger partial charge in [0.15, 0.2) is 0 Å². The molecule has 0 radical (unpaired) electrons. The first-order chi connectivity index (χ1) is 22.7. The lowest BCUT2D eigenvalue weighted by Crippen LogP contribution is -2.66. The summed E-state index contributed by atoms with van der Waals surface area (Å²) in [6, 6.07) is 18.0. The summed E-state index contributed by atoms with van der Waals surface area (Å²) in [5, 5.41) is 19.3. The molecule has 5 aliphatic carbocycles. The fourth-order valence-corrected chi connectivity index (χ4v) is 13.3. The maximum Gasteiger partial charge on any atom is 0.488 e. The number of carbonyl (C=O) groups excluding carboxylic acids is 1. The molecule has 256 valence electrons. The van der Waals surface area contributed by atoms with E-state index < -0.39 is 12.5 Å². The molecule has 0 saturated heterocycles. The van der Waals surface area contributed by atoms with Gasteiger partial charge in [-0.15, -0.1) is 0 Å². The summed E-state index contributed by atoms with van der Waals surface area (Å²) in [5.41, 5.74) is 5.60. The Morgan fingerprint density at radius 3 is 2.23 bits per heavy atom. The number of carbonyl (C=O) groups is 1. The van der Waals surface area contributed by atoms with Crippen LogP contribution in [0.15, 0.2) is 72.8 Å². The summed E-state index contributed by atoms with van der Waals surface area (Å²) in [6.45, 7) is 19.9. The number of esters is 1. The van der Waals surface area contributed by atoms with Crippen LogP contribution < -0.4 is 5.46 Å². The molecular formula is C43H57BO4. The van der Waals surface area contributed by atoms with Gasteiger partial charge in [0.1, 0.15) is 6.61 Å². The molecule has 0 spiro atoms. The van der Waals surface area contributed by atoms with Gasteiger partial charge in [-0.1, -0.05) is 107 Å². The van der Waals surface area contributed by atoms with Crippen molar-refractivity contribution in [2.45, 2.75) is 106 Å². The highest BCUT2D eigenvalue weighted by Gasteiger charge is 2.71. The molecule has 0 amide bonds. The molecule has 4 saturated carbocycles. The van der Waals surface area contributed by atoms with Gasteiger partial charge in [0, 0.05) is 0 Å². The third-order valence-electron chi connectivity index (χ3n) is 15.8. The fourth-order valence-electron chi connectivity index (χ4n) is 13.3. The second-order valence-corrected chi connectivity index (χ2v) is 17.9. The average Bonchev–Trinajstić information content (AvgIpc) is 3.46. The Morgan fingerprint density at radius 2 is 1.56 bits per heavy atom. The van der Waals surface area contributed by atoms with Gasteiger partial charge in [-0.2, -0.15) is 0 Å². The van der Waals surface area contributed by atoms with Gasteiger partial charge in [0.05, 0.1) is 5.41 Å². The summed E-state index contributed by atoms with van der Waals surface area (Å²) in [6.07, 6.45) is 12.5. The second-order valence-electron chi connectivity index (χ2n) is 17.9. The molecule has 7 rings (SSSR count). The van der Waals surface area contributed by atoms with Crippen molar-refractivity contribution in [3.8, 4) is 0 Å². The van der Waals surface area contributed by atoms with Gasteiger partial charge in [0.2, 0.25) is 0 Å². The van der Waals surface area contributed by atoms with Crippen molar-refractivity contribution in [1.82, 2.24) is 0 Å². The van der Waals surface area contributed by atoms with E-state index in [4.69, 9.17) is 4.74 Å². The fraction of sp³-hybridized carbons (Fsp3) is 0.605. The Hall–Kier alpha value is -2.63. The normalized spacial score (nSPS) is 39.6. The van der Waals surface area contributed by atoms with Gasteiger partial charge >= 0.3 is 13.1 Å². The van der Waals surface area contributed by atoms with Crippen LogP contribution in [0, 0.1) is 56.7 Å². The molecule has 0 bridgehead atoms. The van der Waals surface area contributed by atoms with Gasteiger partial charge in [-0.25, -0.2) is 0 Å². The maximum atomic E-state index is 14.3. The molecule has 4 nitrogen and oxygen atoms in total. The molecule has 0 heterocycles. The second kappa shape index (κ2) is 11.7. The highest BCUT2D eigenvalue weighted by Crippen LogP contribution is 2.77. The molecule has 0 aliphatic heterocycles. The number of hydrogen-bond donors (Lipinski definition) is 2. The monoisotopic (exact) mass is 648 g/mol. The van der Waals surface area contributed by atoms with E-state index in [1.807, 2.05) is 42.5 Å². The van der Waals surface area contributed by atoms with Crippen molar-refractivity contribution in [3.05, 3.63) is 84.0 Å². The largest absolute Gasteiger partial charge is 0.488 e. The van der Waals surface area contributed by atoms with Crippen LogP contribution in [0.4, 0.5) is 0 Å². The number of ether oxygens (including phenoxy) is 1. The van der Waals surface area contributed by atoms with Crippen LogP contribution in [0.2, 0.25) is 0 Å². The predicted molar refractivity (Wildman–Crippen MR) is 195 cm³/mol. The SMILES string of the molecule is C=C(C)C1CCC2(C(=O)OCc3ccccc3)CCC3(C)C(CCC4C5(C)CC=C(c6ccc(B(O)O)cc6)C(C)(C)C5CCC43C)C12. The zero-order valence-corrected chi connectivity index (χ0v) is 30.2. The van der Waals surface area contributed by atoms with Crippen molar-refractivity contribution in [3.63, 3.8) is 0 Å². The number of hydrogen-bond acceptors (Lipinski definition) is 4. The van der Waals surface area contributed by atoms with Crippen molar-refractivity contribution < 1.29 is 19.6 Å². The van der Waals surface area contributed by atoms with Gasteiger partial charge in [0.25, 0.3) is 0 Å². The van der Waals surface area contributed by atoms with E-state index in [9.17, 15) is 14.8 Å². The lowest BCUT2D eigenvalue weighted by Gasteiger charge is -2.72. The highest BCUT2D eigenvalue weighted by molar-refractivity contribution is 6.58. The molecule has 2 aromatic rings. The van der Waals surface area contributed by atoms with E-state index in [-0.39, 0.29) is 27.6 Å². The van der Waals surface area contributed by atoms with Crippen molar-refractivity contribution in [1.29, 1.82) is 0 Å². The summed E-state index contributed by atoms with van der Waals surface area (Å²) in [5.74, 6) is 2.40. The molecular weight excluding hydrogens is 591 g/mol. The Balaban J connectivity index is 1.20. The minimum Gasteiger partial charge on any atom is -0.460 e. The number of rotatable bonds is 6. The minimum absolute atomic E-state index is 0.00611. The van der Waals surface area contributed by atoms with Crippen LogP contribution in [0.25, 0.3) is 5.57 Å². The first-order valence-corrected chi connectivity index (χ1v) is 18.7. The third kappa shape index (κ3) is 4.80. The summed E-state index contributed by atoms with van der Waals surface area (Å²) >= 11 is 0. The zero-order chi connectivity index (χ0) is 34.3. The quantitative estimate of drug-likeness (QED) is 0.187. The van der Waals surface area contributed by atoms with E-state index in [0.717, 1.165) is 37.7 Å². The van der Waals surface area contributed by atoms with E-state index in [1.54, 1.807) is 0 Å². The average molecular weight is 649 g/mol. The Bertz CT molecular complexity index is 1590. The van der Waals surface area contributed by atoms with Crippen LogP contribution in [0.5, 0.6) is 0 Å². The number of benzene rings is 2. The van der Waals surface area contributed by atoms with E-state index in [0.29, 0.717) is 41.7 Å². The third-order valence-corrected chi connectivity index (χ3v) is 15.8. The van der Waals surface area contributed by atoms with Gasteiger partial charge in [-0.05, 0) is 138 Å². The van der Waals surface area contributed by atoms with Crippen LogP contribution in [0.3, 0.4) is 0 Å². The minimum atomic E-state index is -1.44. The summed E-state index contributed by atoms with van der Waals surface area (Å²) in [7, 11) is -1.44. The Labute approximate surface area is 289 Å². The van der Waals surface area contributed by atoms with Gasteiger partial charge < -0.3 is 14.8 Å². The Morgan fingerprint density at radius 1 is 0.854 bits per heavy atom. The smallest absolute Gasteiger partial charge is 0.460 e. The van der Waals surface area contributed by atoms with Crippen molar-refractivity contribution in [2.24, 2.45) is 56.7 Å². The maximum absolute atomic E-state index is 14.3. The topological polar surface area (TPSA) is 66.8 Å². The number of allylic oxidation sites excluding steroid dienone is 3. The molecule has 2 N–H and O–H groups in total. The van der Waals surface area contributed by atoms with Gasteiger partial charge in [-0.3, -0.25) is 4.79 Å². The van der Waals surface area contributed by atoms with E-state index in [1.165, 1.54) is 42.4 Å². The van der Waals surface area contributed by atoms with Crippen molar-refractivity contribution >= 4 is 24.1 Å². The molecule has 9 unspecified atom stereocenters. The number of fused-ring (bicyclic) bond motifs is 7. The summed E-state index contributed by atoms with van der Waals surface area (Å²) < 4.78 is 6.22. The first-order valence-electron chi connectivity index (χ1n) is 18.7. The first kappa shape index (κ1) is 33.9. The van der Waals surface area contributed by atoms with E-state index in [2.05, 4.69) is 66.3 Å². The molecule has 0 aromatic heterocycles. The molecule has 5 aliphatic rings. The lowest BCUT2D eigenvalue weighted by atomic mass is 9.32. The lowest BCUT2D eigenvalue weighted by molar-refractivity contribution is -0.229. The predicted octanol–water partition coefficient (Wildman–Crippen LogP) is 8.76. The highest BCUT2D eigenvalue weighted by atomic mass is 16.5. The van der Waals surface area contributed by atoms with Crippen LogP contribution in [0.1, 0.15) is 110 Å². The molecule has 2 aromatic carbocycles.